The predicted molar refractivity (Wildman–Crippen MR) is 107 cm³/mol. The van der Waals surface area contributed by atoms with Crippen molar-refractivity contribution in [3.63, 3.8) is 0 Å². The molecule has 0 aliphatic rings. The zero-order chi connectivity index (χ0) is 20.3. The summed E-state index contributed by atoms with van der Waals surface area (Å²) in [5.41, 5.74) is 3.46. The third-order valence-corrected chi connectivity index (χ3v) is 4.40. The van der Waals surface area contributed by atoms with Crippen LogP contribution < -0.4 is 15.4 Å². The van der Waals surface area contributed by atoms with Crippen molar-refractivity contribution in [3.8, 4) is 5.88 Å². The molecule has 0 saturated heterocycles. The minimum atomic E-state index is -0.415. The number of carbonyl (C=O) groups is 2. The topological polar surface area (TPSA) is 85.2 Å². The van der Waals surface area contributed by atoms with Gasteiger partial charge in [-0.05, 0) is 45.4 Å². The van der Waals surface area contributed by atoms with Crippen LogP contribution in [0.5, 0.6) is 5.88 Å². The number of aryl methyl sites for hydroxylation is 1. The Morgan fingerprint density at radius 1 is 1.15 bits per heavy atom. The fourth-order valence-corrected chi connectivity index (χ4v) is 2.76. The molecule has 1 heterocycles. The highest BCUT2D eigenvalue weighted by atomic mass is 35.5. The smallest absolute Gasteiger partial charge is 0.274 e. The van der Waals surface area contributed by atoms with Gasteiger partial charge in [-0.2, -0.15) is 0 Å². The molecular formula is C19H23ClN4O3. The number of carbonyl (C=O) groups excluding carboxylic acids is 2. The van der Waals surface area contributed by atoms with E-state index in [0.717, 1.165) is 11.3 Å². The number of hydrogen-bond donors (Lipinski definition) is 2. The van der Waals surface area contributed by atoms with Crippen molar-refractivity contribution in [2.45, 2.75) is 27.7 Å². The van der Waals surface area contributed by atoms with Crippen molar-refractivity contribution in [1.29, 1.82) is 0 Å². The van der Waals surface area contributed by atoms with Gasteiger partial charge in [0.1, 0.15) is 5.69 Å². The fourth-order valence-electron chi connectivity index (χ4n) is 2.49. The van der Waals surface area contributed by atoms with Crippen LogP contribution in [0.3, 0.4) is 0 Å². The van der Waals surface area contributed by atoms with Gasteiger partial charge in [-0.1, -0.05) is 17.2 Å². The standard InChI is InChI=1S/C19H23ClN4O3/c1-10(2)12(4)24-15(9-16(23-24)27-6)19(26)22-17-11(3)7-13(20)8-14(17)18(25)21-5/h7-9H,1-6H3,(H,21,25)(H,22,26). The number of amides is 2. The number of allylic oxidation sites excluding steroid dienone is 2. The first kappa shape index (κ1) is 20.5. The van der Waals surface area contributed by atoms with E-state index >= 15 is 0 Å². The summed E-state index contributed by atoms with van der Waals surface area (Å²) >= 11 is 6.07. The molecule has 0 radical (unpaired) electrons. The van der Waals surface area contributed by atoms with Gasteiger partial charge in [0.25, 0.3) is 11.8 Å². The van der Waals surface area contributed by atoms with Crippen LogP contribution in [0.2, 0.25) is 5.02 Å². The SMILES string of the molecule is CNC(=O)c1cc(Cl)cc(C)c1NC(=O)c1cc(OC)nn1C(C)=C(C)C. The Morgan fingerprint density at radius 3 is 2.37 bits per heavy atom. The summed E-state index contributed by atoms with van der Waals surface area (Å²) in [7, 11) is 3.00. The van der Waals surface area contributed by atoms with Crippen LogP contribution in [0, 0.1) is 6.92 Å². The van der Waals surface area contributed by atoms with E-state index in [1.54, 1.807) is 19.1 Å². The van der Waals surface area contributed by atoms with E-state index in [0.29, 0.717) is 27.8 Å². The number of nitrogens with one attached hydrogen (secondary N) is 2. The van der Waals surface area contributed by atoms with Gasteiger partial charge >= 0.3 is 0 Å². The monoisotopic (exact) mass is 390 g/mol. The maximum absolute atomic E-state index is 13.0. The minimum absolute atomic E-state index is 0.285. The van der Waals surface area contributed by atoms with Gasteiger partial charge in [0.2, 0.25) is 5.88 Å². The Hall–Kier alpha value is -2.80. The van der Waals surface area contributed by atoms with Gasteiger partial charge in [0, 0.05) is 23.8 Å². The average molecular weight is 391 g/mol. The van der Waals surface area contributed by atoms with E-state index < -0.39 is 5.91 Å². The van der Waals surface area contributed by atoms with E-state index in [1.165, 1.54) is 24.9 Å². The number of hydrogen-bond acceptors (Lipinski definition) is 4. The van der Waals surface area contributed by atoms with Gasteiger partial charge in [0.15, 0.2) is 0 Å². The Kier molecular flexibility index (Phi) is 6.28. The Labute approximate surface area is 163 Å². The number of halogens is 1. The van der Waals surface area contributed by atoms with Crippen LogP contribution in [0.25, 0.3) is 5.70 Å². The zero-order valence-electron chi connectivity index (χ0n) is 16.2. The zero-order valence-corrected chi connectivity index (χ0v) is 17.0. The van der Waals surface area contributed by atoms with Crippen LogP contribution in [-0.2, 0) is 0 Å². The molecular weight excluding hydrogens is 368 g/mol. The molecule has 0 fully saturated rings. The molecule has 27 heavy (non-hydrogen) atoms. The molecule has 2 N–H and O–H groups in total. The molecule has 0 aliphatic carbocycles. The van der Waals surface area contributed by atoms with Crippen LogP contribution in [-0.4, -0.2) is 35.8 Å². The van der Waals surface area contributed by atoms with Gasteiger partial charge in [-0.3, -0.25) is 9.59 Å². The molecule has 2 rings (SSSR count). The number of anilines is 1. The van der Waals surface area contributed by atoms with E-state index in [-0.39, 0.29) is 11.5 Å². The molecule has 0 atom stereocenters. The largest absolute Gasteiger partial charge is 0.480 e. The summed E-state index contributed by atoms with van der Waals surface area (Å²) in [5.74, 6) is -0.440. The third-order valence-electron chi connectivity index (χ3n) is 4.18. The summed E-state index contributed by atoms with van der Waals surface area (Å²) < 4.78 is 6.69. The van der Waals surface area contributed by atoms with Gasteiger partial charge in [0.05, 0.1) is 18.4 Å². The first-order chi connectivity index (χ1) is 12.7. The molecule has 0 saturated carbocycles. The molecule has 7 nitrogen and oxygen atoms in total. The molecule has 1 aromatic carbocycles. The molecule has 0 aliphatic heterocycles. The maximum atomic E-state index is 13.0. The van der Waals surface area contributed by atoms with Crippen LogP contribution in [0.4, 0.5) is 5.69 Å². The summed E-state index contributed by atoms with van der Waals surface area (Å²) in [4.78, 5) is 25.2. The molecule has 144 valence electrons. The first-order valence-corrected chi connectivity index (χ1v) is 8.69. The lowest BCUT2D eigenvalue weighted by Gasteiger charge is -2.15. The van der Waals surface area contributed by atoms with Crippen LogP contribution in [0.1, 0.15) is 47.2 Å². The summed E-state index contributed by atoms with van der Waals surface area (Å²) in [6.45, 7) is 7.49. The second-order valence-electron chi connectivity index (χ2n) is 6.25. The number of benzene rings is 1. The number of nitrogens with zero attached hydrogens (tertiary/aromatic N) is 2. The molecule has 8 heteroatoms. The van der Waals surface area contributed by atoms with E-state index in [1.807, 2.05) is 20.8 Å². The quantitative estimate of drug-likeness (QED) is 0.814. The van der Waals surface area contributed by atoms with Gasteiger partial charge in [-0.25, -0.2) is 4.68 Å². The summed E-state index contributed by atoms with van der Waals surface area (Å²) in [6.07, 6.45) is 0. The lowest BCUT2D eigenvalue weighted by atomic mass is 10.1. The normalized spacial score (nSPS) is 10.3. The van der Waals surface area contributed by atoms with Crippen molar-refractivity contribution in [3.05, 3.63) is 45.6 Å². The highest BCUT2D eigenvalue weighted by Crippen LogP contribution is 2.27. The van der Waals surface area contributed by atoms with Crippen molar-refractivity contribution in [2.24, 2.45) is 0 Å². The van der Waals surface area contributed by atoms with Crippen LogP contribution >= 0.6 is 11.6 Å². The number of ether oxygens (including phenoxy) is 1. The van der Waals surface area contributed by atoms with Crippen molar-refractivity contribution in [2.75, 3.05) is 19.5 Å². The summed E-state index contributed by atoms with van der Waals surface area (Å²) in [5, 5.41) is 10.1. The average Bonchev–Trinajstić information content (AvgIpc) is 3.06. The second kappa shape index (κ2) is 8.26. The third kappa shape index (κ3) is 4.31. The first-order valence-electron chi connectivity index (χ1n) is 8.31. The molecule has 0 spiro atoms. The Morgan fingerprint density at radius 2 is 1.81 bits per heavy atom. The minimum Gasteiger partial charge on any atom is -0.480 e. The number of methoxy groups -OCH3 is 1. The maximum Gasteiger partial charge on any atom is 0.274 e. The molecule has 0 bridgehead atoms. The lowest BCUT2D eigenvalue weighted by molar-refractivity contribution is 0.0964. The van der Waals surface area contributed by atoms with Crippen LogP contribution in [0.15, 0.2) is 23.8 Å². The summed E-state index contributed by atoms with van der Waals surface area (Å²) in [6, 6.07) is 4.75. The molecule has 2 aromatic rings. The second-order valence-corrected chi connectivity index (χ2v) is 6.68. The van der Waals surface area contributed by atoms with Crippen molar-refractivity contribution in [1.82, 2.24) is 15.1 Å². The van der Waals surface area contributed by atoms with Crippen molar-refractivity contribution >= 4 is 34.8 Å². The Balaban J connectivity index is 2.52. The van der Waals surface area contributed by atoms with E-state index in [4.69, 9.17) is 16.3 Å². The van der Waals surface area contributed by atoms with E-state index in [2.05, 4.69) is 15.7 Å². The van der Waals surface area contributed by atoms with Crippen molar-refractivity contribution < 1.29 is 14.3 Å². The lowest BCUT2D eigenvalue weighted by Crippen LogP contribution is -2.23. The number of rotatable bonds is 5. The molecule has 0 unspecified atom stereocenters. The highest BCUT2D eigenvalue weighted by molar-refractivity contribution is 6.31. The number of aromatic nitrogens is 2. The molecule has 1 aromatic heterocycles. The Bertz CT molecular complexity index is 927. The highest BCUT2D eigenvalue weighted by Gasteiger charge is 2.21. The molecule has 2 amide bonds. The fraction of sp³-hybridized carbons (Fsp3) is 0.316. The van der Waals surface area contributed by atoms with Gasteiger partial charge in [-0.15, -0.1) is 5.10 Å². The predicted octanol–water partition coefficient (Wildman–Crippen LogP) is 3.74. The van der Waals surface area contributed by atoms with Gasteiger partial charge < -0.3 is 15.4 Å². The van der Waals surface area contributed by atoms with E-state index in [9.17, 15) is 9.59 Å².